The number of sulfonamides is 1. The highest BCUT2D eigenvalue weighted by Gasteiger charge is 2.44. The summed E-state index contributed by atoms with van der Waals surface area (Å²) >= 11 is 0. The number of aliphatic hydroxyl groups excluding tert-OH is 1. The summed E-state index contributed by atoms with van der Waals surface area (Å²) in [5, 5.41) is 14.5. The van der Waals surface area contributed by atoms with Crippen molar-refractivity contribution in [3.05, 3.63) is 114 Å². The summed E-state index contributed by atoms with van der Waals surface area (Å²) in [5.41, 5.74) is 1.38. The van der Waals surface area contributed by atoms with Gasteiger partial charge in [0, 0.05) is 13.1 Å². The molecule has 4 aromatic carbocycles. The van der Waals surface area contributed by atoms with E-state index in [1.807, 2.05) is 19.1 Å². The number of hydrogen-bond donors (Lipinski definition) is 2. The summed E-state index contributed by atoms with van der Waals surface area (Å²) in [5.74, 6) is 1.57. The minimum atomic E-state index is -3.97. The van der Waals surface area contributed by atoms with Crippen LogP contribution in [0.5, 0.6) is 23.0 Å². The summed E-state index contributed by atoms with van der Waals surface area (Å²) in [6, 6.07) is 28.4. The molecule has 3 heterocycles. The number of nitrogens with one attached hydrogen (secondary N) is 1. The summed E-state index contributed by atoms with van der Waals surface area (Å²) in [6.45, 7) is 2.69. The molecule has 316 valence electrons. The van der Waals surface area contributed by atoms with E-state index in [1.54, 1.807) is 84.9 Å². The molecule has 2 saturated heterocycles. The lowest BCUT2D eigenvalue weighted by Crippen LogP contribution is -2.52. The van der Waals surface area contributed by atoms with E-state index in [4.69, 9.17) is 37.5 Å². The largest absolute Gasteiger partial charge is 0.497 e. The van der Waals surface area contributed by atoms with Crippen molar-refractivity contribution in [1.82, 2.24) is 9.62 Å². The van der Waals surface area contributed by atoms with Crippen molar-refractivity contribution in [3.63, 3.8) is 0 Å². The van der Waals surface area contributed by atoms with Crippen LogP contribution in [0.4, 0.5) is 4.79 Å². The van der Waals surface area contributed by atoms with Crippen LogP contribution < -0.4 is 23.8 Å². The van der Waals surface area contributed by atoms with Gasteiger partial charge in [0.15, 0.2) is 12.6 Å². The molecule has 0 aromatic heterocycles. The number of rotatable bonds is 18. The first-order chi connectivity index (χ1) is 28.5. The number of amides is 1. The summed E-state index contributed by atoms with van der Waals surface area (Å²) in [4.78, 5) is 13.5. The van der Waals surface area contributed by atoms with Crippen LogP contribution in [0.15, 0.2) is 108 Å². The Morgan fingerprint density at radius 1 is 0.915 bits per heavy atom. The zero-order valence-electron chi connectivity index (χ0n) is 32.8. The molecule has 1 amide bonds. The standard InChI is InChI=1S/C42H49N2O13PS/c1-29-25-44(59(48,49)40-18-17-34(50-2)24-36(29)40)26-38(45)37(43-42(46)55-39-27-54-41-35(39)19-20-53-41)23-30-13-15-31(16-14-30)52-22-21-51-28-58(47,56-32-9-5-3-6-10-32)57-33-11-7-4-8-12-33/h3-18,24,29,35,37-39,41,45H,19-23,25-28H2,1-2H3,(H,43,46)/t29?,35-,37-,38+,39-,41+/m0/s1. The van der Waals surface area contributed by atoms with E-state index in [1.165, 1.54) is 17.5 Å². The molecule has 4 aromatic rings. The van der Waals surface area contributed by atoms with Crippen molar-refractivity contribution < 1.29 is 60.4 Å². The van der Waals surface area contributed by atoms with E-state index in [-0.39, 0.29) is 62.4 Å². The van der Waals surface area contributed by atoms with Gasteiger partial charge in [-0.2, -0.15) is 4.31 Å². The van der Waals surface area contributed by atoms with Gasteiger partial charge in [-0.3, -0.25) is 0 Å². The van der Waals surface area contributed by atoms with Crippen molar-refractivity contribution in [1.29, 1.82) is 0 Å². The monoisotopic (exact) mass is 852 g/mol. The number of para-hydroxylation sites is 2. The molecule has 0 spiro atoms. The Balaban J connectivity index is 0.970. The van der Waals surface area contributed by atoms with Crippen LogP contribution in [0.3, 0.4) is 0 Å². The van der Waals surface area contributed by atoms with Gasteiger partial charge in [0.25, 0.3) is 0 Å². The first-order valence-electron chi connectivity index (χ1n) is 19.4. The molecule has 0 aliphatic carbocycles. The van der Waals surface area contributed by atoms with Gasteiger partial charge in [0.05, 0.1) is 49.9 Å². The van der Waals surface area contributed by atoms with Crippen molar-refractivity contribution in [3.8, 4) is 23.0 Å². The molecule has 0 saturated carbocycles. The predicted octanol–water partition coefficient (Wildman–Crippen LogP) is 5.97. The SMILES string of the molecule is COc1ccc2c(c1)C(C)CN(C[C@@H](O)[C@H](Cc1ccc(OCCOCP(=O)(Oc3ccccc3)Oc3ccccc3)cc1)NC(=O)O[C@H]1CO[C@H]3OCC[C@H]31)S2(=O)=O. The minimum absolute atomic E-state index is 0.0815. The molecule has 17 heteroatoms. The first-order valence-corrected chi connectivity index (χ1v) is 22.6. The molecular formula is C42H49N2O13PS. The molecule has 3 aliphatic rings. The second-order valence-corrected chi connectivity index (χ2v) is 18.3. The Morgan fingerprint density at radius 2 is 1.59 bits per heavy atom. The van der Waals surface area contributed by atoms with Gasteiger partial charge < -0.3 is 47.9 Å². The van der Waals surface area contributed by atoms with Crippen molar-refractivity contribution in [2.24, 2.45) is 5.92 Å². The quantitative estimate of drug-likeness (QED) is 0.0886. The number of nitrogens with zero attached hydrogens (tertiary/aromatic N) is 1. The third-order valence-electron chi connectivity index (χ3n) is 10.3. The Bertz CT molecular complexity index is 2120. The van der Waals surface area contributed by atoms with Gasteiger partial charge in [-0.1, -0.05) is 55.5 Å². The number of carbonyl (C=O) groups excluding carboxylic acids is 1. The number of β-amino-alcohol motifs (C(OH)–C–C–N with tert-alkyl or cyclic N) is 1. The topological polar surface area (TPSA) is 178 Å². The molecule has 59 heavy (non-hydrogen) atoms. The minimum Gasteiger partial charge on any atom is -0.497 e. The molecule has 6 atom stereocenters. The maximum Gasteiger partial charge on any atom is 0.456 e. The molecule has 1 unspecified atom stereocenters. The van der Waals surface area contributed by atoms with Gasteiger partial charge in [-0.05, 0) is 84.5 Å². The zero-order chi connectivity index (χ0) is 41.4. The number of ether oxygens (including phenoxy) is 6. The second-order valence-electron chi connectivity index (χ2n) is 14.6. The average Bonchev–Trinajstić information content (AvgIpc) is 3.86. The highest BCUT2D eigenvalue weighted by molar-refractivity contribution is 7.89. The summed E-state index contributed by atoms with van der Waals surface area (Å²) in [7, 11) is -6.20. The van der Waals surface area contributed by atoms with E-state index in [9.17, 15) is 22.9 Å². The van der Waals surface area contributed by atoms with Crippen LogP contribution in [0, 0.1) is 5.92 Å². The number of benzene rings is 4. The van der Waals surface area contributed by atoms with Crippen molar-refractivity contribution >= 4 is 23.7 Å². The first kappa shape index (κ1) is 42.5. The number of methoxy groups -OCH3 is 1. The van der Waals surface area contributed by atoms with E-state index in [0.717, 1.165) is 5.56 Å². The van der Waals surface area contributed by atoms with Crippen LogP contribution in [0.2, 0.25) is 0 Å². The van der Waals surface area contributed by atoms with Crippen LogP contribution in [0.1, 0.15) is 30.4 Å². The van der Waals surface area contributed by atoms with E-state index in [2.05, 4.69) is 5.32 Å². The van der Waals surface area contributed by atoms with Gasteiger partial charge in [-0.25, -0.2) is 17.8 Å². The molecular weight excluding hydrogens is 804 g/mol. The fourth-order valence-electron chi connectivity index (χ4n) is 7.30. The third kappa shape index (κ3) is 10.7. The maximum absolute atomic E-state index is 13.8. The van der Waals surface area contributed by atoms with Crippen LogP contribution >= 0.6 is 7.60 Å². The van der Waals surface area contributed by atoms with Gasteiger partial charge >= 0.3 is 13.7 Å². The highest BCUT2D eigenvalue weighted by atomic mass is 32.2. The Hall–Kier alpha value is -4.67. The summed E-state index contributed by atoms with van der Waals surface area (Å²) < 4.78 is 87.8. The highest BCUT2D eigenvalue weighted by Crippen LogP contribution is 2.48. The van der Waals surface area contributed by atoms with Crippen LogP contribution in [-0.4, -0.2) is 101 Å². The Morgan fingerprint density at radius 3 is 2.27 bits per heavy atom. The van der Waals surface area contributed by atoms with Gasteiger partial charge in [-0.15, -0.1) is 0 Å². The Kier molecular flexibility index (Phi) is 13.8. The number of carbonyl (C=O) groups is 1. The molecule has 2 fully saturated rings. The molecule has 15 nitrogen and oxygen atoms in total. The van der Waals surface area contributed by atoms with E-state index < -0.39 is 48.3 Å². The van der Waals surface area contributed by atoms with Gasteiger partial charge in [0.2, 0.25) is 10.0 Å². The maximum atomic E-state index is 13.8. The lowest BCUT2D eigenvalue weighted by atomic mass is 9.99. The lowest BCUT2D eigenvalue weighted by molar-refractivity contribution is -0.0907. The summed E-state index contributed by atoms with van der Waals surface area (Å²) in [6.07, 6.45) is -2.48. The van der Waals surface area contributed by atoms with Crippen molar-refractivity contribution in [2.45, 2.75) is 55.1 Å². The smallest absolute Gasteiger partial charge is 0.456 e. The average molecular weight is 853 g/mol. The van der Waals surface area contributed by atoms with Crippen molar-refractivity contribution in [2.75, 3.05) is 53.0 Å². The lowest BCUT2D eigenvalue weighted by Gasteiger charge is -2.35. The molecule has 2 N–H and O–H groups in total. The Labute approximate surface area is 344 Å². The molecule has 0 radical (unpaired) electrons. The molecule has 0 bridgehead atoms. The number of aliphatic hydroxyl groups is 1. The number of alkyl carbamates (subject to hydrolysis) is 1. The zero-order valence-corrected chi connectivity index (χ0v) is 34.5. The molecule has 7 rings (SSSR count). The fourth-order valence-corrected chi connectivity index (χ4v) is 10.5. The third-order valence-corrected chi connectivity index (χ3v) is 13.7. The second kappa shape index (κ2) is 19.1. The number of hydrogen-bond acceptors (Lipinski definition) is 13. The van der Waals surface area contributed by atoms with Gasteiger partial charge in [0.1, 0.15) is 35.7 Å². The van der Waals surface area contributed by atoms with E-state index in [0.29, 0.717) is 41.6 Å². The fraction of sp³-hybridized carbons (Fsp3) is 0.405. The normalized spacial score (nSPS) is 22.0. The van der Waals surface area contributed by atoms with Crippen LogP contribution in [0.25, 0.3) is 0 Å². The van der Waals surface area contributed by atoms with E-state index >= 15 is 0 Å². The number of fused-ring (bicyclic) bond motifs is 2. The molecule has 3 aliphatic heterocycles. The predicted molar refractivity (Wildman–Crippen MR) is 215 cm³/mol. The van der Waals surface area contributed by atoms with Crippen LogP contribution in [-0.2, 0) is 40.0 Å².